The molecule has 0 radical (unpaired) electrons. The first-order valence-corrected chi connectivity index (χ1v) is 15.1. The quantitative estimate of drug-likeness (QED) is 0.0973. The van der Waals surface area contributed by atoms with Gasteiger partial charge in [0.2, 0.25) is 0 Å². The van der Waals surface area contributed by atoms with Crippen molar-refractivity contribution in [3.05, 3.63) is 95.1 Å². The van der Waals surface area contributed by atoms with E-state index in [4.69, 9.17) is 14.5 Å². The monoisotopic (exact) mass is 610 g/mol. The maximum Gasteiger partial charge on any atom is 0.337 e. The van der Waals surface area contributed by atoms with E-state index < -0.39 is 5.97 Å². The van der Waals surface area contributed by atoms with Gasteiger partial charge in [-0.1, -0.05) is 43.3 Å². The fourth-order valence-corrected chi connectivity index (χ4v) is 5.35. The van der Waals surface area contributed by atoms with Crippen LogP contribution in [0.25, 0.3) is 10.9 Å². The highest BCUT2D eigenvalue weighted by Crippen LogP contribution is 2.32. The number of carbonyl (C=O) groups excluding carboxylic acids is 3. The van der Waals surface area contributed by atoms with Crippen LogP contribution in [-0.2, 0) is 14.3 Å². The molecule has 3 aromatic carbocycles. The van der Waals surface area contributed by atoms with Gasteiger partial charge in [0.1, 0.15) is 12.4 Å². The molecule has 2 heterocycles. The number of methoxy groups -OCH3 is 1. The van der Waals surface area contributed by atoms with Crippen LogP contribution in [0, 0.1) is 0 Å². The summed E-state index contributed by atoms with van der Waals surface area (Å²) < 4.78 is 10.5. The third-order valence-corrected chi connectivity index (χ3v) is 7.96. The number of aromatic nitrogens is 1. The van der Waals surface area contributed by atoms with Crippen molar-refractivity contribution in [2.45, 2.75) is 13.3 Å². The van der Waals surface area contributed by atoms with E-state index in [1.165, 1.54) is 7.11 Å². The molecular weight excluding hydrogens is 572 g/mol. The number of hydrogen-bond acceptors (Lipinski definition) is 9. The highest BCUT2D eigenvalue weighted by atomic mass is 16.5. The highest BCUT2D eigenvalue weighted by Gasteiger charge is 2.21. The molecule has 10 heteroatoms. The topological polar surface area (TPSA) is 125 Å². The second kappa shape index (κ2) is 14.9. The fraction of sp³-hybridized carbons (Fsp3) is 0.314. The summed E-state index contributed by atoms with van der Waals surface area (Å²) in [6, 6.07) is 21.5. The summed E-state index contributed by atoms with van der Waals surface area (Å²) >= 11 is 0. The van der Waals surface area contributed by atoms with Crippen LogP contribution in [0.5, 0.6) is 5.88 Å². The predicted octanol–water partition coefficient (Wildman–Crippen LogP) is 4.63. The lowest BCUT2D eigenvalue weighted by Gasteiger charge is -2.34. The minimum atomic E-state index is -0.472. The second-order valence-corrected chi connectivity index (χ2v) is 11.0. The van der Waals surface area contributed by atoms with Gasteiger partial charge in [-0.15, -0.1) is 0 Å². The van der Waals surface area contributed by atoms with Gasteiger partial charge in [0, 0.05) is 61.2 Å². The second-order valence-electron chi connectivity index (χ2n) is 11.0. The number of piperazine rings is 1. The Balaban J connectivity index is 1.24. The predicted molar refractivity (Wildman–Crippen MR) is 173 cm³/mol. The lowest BCUT2D eigenvalue weighted by Crippen LogP contribution is -2.48. The summed E-state index contributed by atoms with van der Waals surface area (Å²) in [5, 5.41) is 11.7. The van der Waals surface area contributed by atoms with Crippen LogP contribution in [0.1, 0.15) is 45.2 Å². The first-order valence-electron chi connectivity index (χ1n) is 15.1. The number of benzene rings is 3. The molecule has 0 spiro atoms. The Kier molecular flexibility index (Phi) is 10.5. The lowest BCUT2D eigenvalue weighted by molar-refractivity contribution is -0.120. The molecule has 5 rings (SSSR count). The number of H-pyrrole nitrogens is 1. The number of nitrogens with one attached hydrogen (secondary N) is 1. The number of esters is 1. The van der Waals surface area contributed by atoms with Crippen molar-refractivity contribution in [2.24, 2.45) is 4.99 Å². The number of ether oxygens (including phenoxy) is 2. The third-order valence-electron chi connectivity index (χ3n) is 7.96. The molecule has 1 fully saturated rings. The molecule has 1 aromatic heterocycles. The van der Waals surface area contributed by atoms with E-state index in [0.29, 0.717) is 58.6 Å². The largest absolute Gasteiger partial charge is 0.494 e. The molecule has 2 N–H and O–H groups in total. The number of hydrogen-bond donors (Lipinski definition) is 2. The molecule has 0 atom stereocenters. The van der Waals surface area contributed by atoms with Gasteiger partial charge in [-0.05, 0) is 36.4 Å². The van der Waals surface area contributed by atoms with E-state index in [2.05, 4.69) is 14.8 Å². The SMILES string of the molecule is CCC(=O)CN1CCN(CCOCC(=O)c2ccc(N=C(c3ccccc3)c3c(O)[nH]c4cc(C(=O)OC)ccc34)cc2)CC1. The zero-order chi connectivity index (χ0) is 31.8. The van der Waals surface area contributed by atoms with Crippen molar-refractivity contribution >= 4 is 39.8 Å². The molecule has 0 unspecified atom stereocenters. The van der Waals surface area contributed by atoms with Gasteiger partial charge in [-0.3, -0.25) is 19.4 Å². The summed E-state index contributed by atoms with van der Waals surface area (Å²) in [6.07, 6.45) is 0.573. The van der Waals surface area contributed by atoms with Gasteiger partial charge in [-0.2, -0.15) is 0 Å². The summed E-state index contributed by atoms with van der Waals surface area (Å²) in [5.41, 5.74) is 3.87. The van der Waals surface area contributed by atoms with Crippen molar-refractivity contribution < 1.29 is 29.0 Å². The van der Waals surface area contributed by atoms with E-state index in [0.717, 1.165) is 38.3 Å². The first kappa shape index (κ1) is 31.8. The smallest absolute Gasteiger partial charge is 0.337 e. The average Bonchev–Trinajstić information content (AvgIpc) is 3.40. The molecule has 234 valence electrons. The Bertz CT molecular complexity index is 1670. The molecule has 4 aromatic rings. The van der Waals surface area contributed by atoms with E-state index in [-0.39, 0.29) is 24.1 Å². The summed E-state index contributed by atoms with van der Waals surface area (Å²) in [5.74, 6) is -0.396. The summed E-state index contributed by atoms with van der Waals surface area (Å²) in [4.78, 5) is 48.9. The lowest BCUT2D eigenvalue weighted by atomic mass is 10.00. The van der Waals surface area contributed by atoms with Crippen molar-refractivity contribution in [2.75, 3.05) is 59.6 Å². The zero-order valence-electron chi connectivity index (χ0n) is 25.6. The standard InChI is InChI=1S/C35H38N4O6/c1-3-28(40)22-39-17-15-38(16-18-39)19-20-45-23-31(41)24-9-12-27(13-10-24)36-33(25-7-5-4-6-8-25)32-29-14-11-26(35(43)44-2)21-30(29)37-34(32)42/h4-14,21,37,42H,3,15-20,22-23H2,1-2H3. The molecule has 45 heavy (non-hydrogen) atoms. The third kappa shape index (κ3) is 7.91. The molecule has 0 aliphatic carbocycles. The van der Waals surface area contributed by atoms with Crippen LogP contribution in [-0.4, -0.2) is 103 Å². The number of ketones is 2. The molecule has 0 bridgehead atoms. The first-order chi connectivity index (χ1) is 21.9. The number of Topliss-reactive ketones (excluding diaryl/α,β-unsaturated/α-hetero) is 2. The number of aromatic hydroxyl groups is 1. The van der Waals surface area contributed by atoms with E-state index >= 15 is 0 Å². The Hall–Kier alpha value is -4.64. The fourth-order valence-electron chi connectivity index (χ4n) is 5.35. The van der Waals surface area contributed by atoms with Gasteiger partial charge in [-0.25, -0.2) is 9.79 Å². The van der Waals surface area contributed by atoms with Crippen molar-refractivity contribution in [1.82, 2.24) is 14.8 Å². The normalized spacial score (nSPS) is 14.5. The van der Waals surface area contributed by atoms with Crippen molar-refractivity contribution in [3.8, 4) is 5.88 Å². The molecule has 1 saturated heterocycles. The van der Waals surface area contributed by atoms with Crippen LogP contribution in [0.2, 0.25) is 0 Å². The van der Waals surface area contributed by atoms with E-state index in [1.54, 1.807) is 42.5 Å². The molecular formula is C35H38N4O6. The summed E-state index contributed by atoms with van der Waals surface area (Å²) in [7, 11) is 1.32. The summed E-state index contributed by atoms with van der Waals surface area (Å²) in [6.45, 7) is 7.09. The Morgan fingerprint density at radius 3 is 2.27 bits per heavy atom. The number of carbonyl (C=O) groups is 3. The van der Waals surface area contributed by atoms with Gasteiger partial charge < -0.3 is 19.6 Å². The van der Waals surface area contributed by atoms with Gasteiger partial charge in [0.25, 0.3) is 0 Å². The van der Waals surface area contributed by atoms with Crippen molar-refractivity contribution in [3.63, 3.8) is 0 Å². The Labute approximate surface area is 262 Å². The molecule has 1 aliphatic rings. The van der Waals surface area contributed by atoms with Crippen LogP contribution in [0.3, 0.4) is 0 Å². The molecule has 0 amide bonds. The highest BCUT2D eigenvalue weighted by molar-refractivity contribution is 6.22. The average molecular weight is 611 g/mol. The zero-order valence-corrected chi connectivity index (χ0v) is 25.6. The maximum absolute atomic E-state index is 12.8. The number of nitrogens with zero attached hydrogens (tertiary/aromatic N) is 3. The Morgan fingerprint density at radius 2 is 1.58 bits per heavy atom. The number of aliphatic imine (C=N–C) groups is 1. The minimum Gasteiger partial charge on any atom is -0.494 e. The van der Waals surface area contributed by atoms with Crippen molar-refractivity contribution in [1.29, 1.82) is 0 Å². The van der Waals surface area contributed by atoms with Gasteiger partial charge >= 0.3 is 5.97 Å². The molecule has 10 nitrogen and oxygen atoms in total. The number of fused-ring (bicyclic) bond motifs is 1. The molecule has 1 aliphatic heterocycles. The number of rotatable bonds is 13. The van der Waals surface area contributed by atoms with E-state index in [1.807, 2.05) is 37.3 Å². The minimum absolute atomic E-state index is 0.0143. The van der Waals surface area contributed by atoms with E-state index in [9.17, 15) is 19.5 Å². The van der Waals surface area contributed by atoms with Gasteiger partial charge in [0.15, 0.2) is 11.7 Å². The Morgan fingerprint density at radius 1 is 0.889 bits per heavy atom. The van der Waals surface area contributed by atoms with Crippen LogP contribution in [0.4, 0.5) is 5.69 Å². The van der Waals surface area contributed by atoms with Crippen LogP contribution < -0.4 is 0 Å². The van der Waals surface area contributed by atoms with Crippen LogP contribution >= 0.6 is 0 Å². The van der Waals surface area contributed by atoms with Gasteiger partial charge in [0.05, 0.1) is 42.8 Å². The maximum atomic E-state index is 12.8. The van der Waals surface area contributed by atoms with Crippen LogP contribution in [0.15, 0.2) is 77.8 Å². The molecule has 0 saturated carbocycles. The number of aromatic amines is 1.